The van der Waals surface area contributed by atoms with Crippen LogP contribution in [0.2, 0.25) is 5.02 Å². The Morgan fingerprint density at radius 3 is 3.00 bits per heavy atom. The number of rotatable bonds is 6. The number of carbonyl (C=O) groups is 1. The van der Waals surface area contributed by atoms with Crippen molar-refractivity contribution in [2.45, 2.75) is 44.8 Å². The molecule has 4 aromatic rings. The molecular weight excluding hydrogens is 490 g/mol. The minimum Gasteiger partial charge on any atom is -0.467 e. The number of benzene rings is 1. The van der Waals surface area contributed by atoms with Crippen LogP contribution in [-0.4, -0.2) is 21.2 Å². The van der Waals surface area contributed by atoms with Crippen LogP contribution in [0.3, 0.4) is 0 Å². The predicted octanol–water partition coefficient (Wildman–Crippen LogP) is 5.54. The van der Waals surface area contributed by atoms with Gasteiger partial charge in [-0.15, -0.1) is 11.3 Å². The smallest absolute Gasteiger partial charge is 0.267 e. The number of hydrogen-bond donors (Lipinski definition) is 1. The summed E-state index contributed by atoms with van der Waals surface area (Å²) in [5.41, 5.74) is 2.62. The third kappa shape index (κ3) is 4.54. The molecule has 0 fully saturated rings. The van der Waals surface area contributed by atoms with E-state index in [-0.39, 0.29) is 17.2 Å². The highest BCUT2D eigenvalue weighted by Gasteiger charge is 2.25. The number of furan rings is 1. The Bertz CT molecular complexity index is 1430. The molecule has 9 heteroatoms. The molecule has 34 heavy (non-hydrogen) atoms. The Morgan fingerprint density at radius 1 is 1.38 bits per heavy atom. The molecule has 0 spiro atoms. The standard InChI is InChI=1S/C25H24ClN3O3S2/c1-14-5-8-18-20(10-14)34-23-22(18)24(31)29(16-7-6-15(2)19(26)11-16)25(28-23)33-13-21(30)27-12-17-4-3-9-32-17/h3-4,6-7,9,11,14H,5,8,10,12-13H2,1-2H3,(H,27,30). The predicted molar refractivity (Wildman–Crippen MR) is 137 cm³/mol. The summed E-state index contributed by atoms with van der Waals surface area (Å²) in [5, 5.41) is 4.61. The molecule has 3 heterocycles. The van der Waals surface area contributed by atoms with Crippen LogP contribution in [0.5, 0.6) is 0 Å². The molecule has 0 saturated heterocycles. The van der Waals surface area contributed by atoms with E-state index in [0.717, 1.165) is 35.2 Å². The molecule has 1 amide bonds. The van der Waals surface area contributed by atoms with Gasteiger partial charge in [0.2, 0.25) is 5.91 Å². The van der Waals surface area contributed by atoms with E-state index in [9.17, 15) is 9.59 Å². The van der Waals surface area contributed by atoms with Crippen LogP contribution >= 0.6 is 34.7 Å². The van der Waals surface area contributed by atoms with E-state index in [1.807, 2.05) is 19.1 Å². The fraction of sp³-hybridized carbons (Fsp3) is 0.320. The maximum Gasteiger partial charge on any atom is 0.267 e. The molecule has 6 nitrogen and oxygen atoms in total. The molecule has 1 aromatic carbocycles. The van der Waals surface area contributed by atoms with Crippen LogP contribution in [0.15, 0.2) is 51.0 Å². The van der Waals surface area contributed by atoms with E-state index in [2.05, 4.69) is 12.2 Å². The first-order valence-corrected chi connectivity index (χ1v) is 13.3. The number of thiophene rings is 1. The van der Waals surface area contributed by atoms with E-state index in [1.165, 1.54) is 16.6 Å². The van der Waals surface area contributed by atoms with Gasteiger partial charge in [-0.3, -0.25) is 14.2 Å². The van der Waals surface area contributed by atoms with Crippen molar-refractivity contribution in [2.75, 3.05) is 5.75 Å². The van der Waals surface area contributed by atoms with Crippen LogP contribution in [0.4, 0.5) is 0 Å². The SMILES string of the molecule is Cc1ccc(-n2c(SCC(=O)NCc3ccco3)nc3sc4c(c3c2=O)CCC(C)C4)cc1Cl. The van der Waals surface area contributed by atoms with Crippen molar-refractivity contribution < 1.29 is 9.21 Å². The molecule has 1 aliphatic rings. The first kappa shape index (κ1) is 23.2. The lowest BCUT2D eigenvalue weighted by molar-refractivity contribution is -0.118. The molecule has 0 saturated carbocycles. The van der Waals surface area contributed by atoms with Gasteiger partial charge in [0.15, 0.2) is 5.16 Å². The van der Waals surface area contributed by atoms with Crippen molar-refractivity contribution in [2.24, 2.45) is 5.92 Å². The van der Waals surface area contributed by atoms with E-state index in [4.69, 9.17) is 21.0 Å². The van der Waals surface area contributed by atoms with E-state index < -0.39 is 0 Å². The van der Waals surface area contributed by atoms with Gasteiger partial charge in [-0.25, -0.2) is 4.98 Å². The van der Waals surface area contributed by atoms with Gasteiger partial charge in [0.25, 0.3) is 5.56 Å². The van der Waals surface area contributed by atoms with Gasteiger partial charge in [-0.1, -0.05) is 36.4 Å². The van der Waals surface area contributed by atoms with Gasteiger partial charge < -0.3 is 9.73 Å². The summed E-state index contributed by atoms with van der Waals surface area (Å²) in [7, 11) is 0. The summed E-state index contributed by atoms with van der Waals surface area (Å²) >= 11 is 9.25. The Morgan fingerprint density at radius 2 is 2.24 bits per heavy atom. The van der Waals surface area contributed by atoms with E-state index >= 15 is 0 Å². The molecule has 5 rings (SSSR count). The number of halogens is 1. The fourth-order valence-corrected chi connectivity index (χ4v) is 6.64. The second-order valence-electron chi connectivity index (χ2n) is 8.65. The lowest BCUT2D eigenvalue weighted by atomic mass is 9.89. The zero-order valence-electron chi connectivity index (χ0n) is 18.9. The van der Waals surface area contributed by atoms with E-state index in [1.54, 1.807) is 40.4 Å². The Labute approximate surface area is 210 Å². The minimum absolute atomic E-state index is 0.101. The van der Waals surface area contributed by atoms with Crippen molar-refractivity contribution in [3.8, 4) is 5.69 Å². The second-order valence-corrected chi connectivity index (χ2v) is 11.1. The molecule has 1 N–H and O–H groups in total. The molecule has 0 radical (unpaired) electrons. The number of nitrogens with one attached hydrogen (secondary N) is 1. The third-order valence-corrected chi connectivity index (χ3v) is 8.58. The number of thioether (sulfide) groups is 1. The van der Waals surface area contributed by atoms with E-state index in [0.29, 0.717) is 39.5 Å². The fourth-order valence-electron chi connectivity index (χ4n) is 4.20. The van der Waals surface area contributed by atoms with Crippen LogP contribution in [0.1, 0.15) is 35.1 Å². The summed E-state index contributed by atoms with van der Waals surface area (Å²) in [5.74, 6) is 1.25. The highest BCUT2D eigenvalue weighted by molar-refractivity contribution is 7.99. The summed E-state index contributed by atoms with van der Waals surface area (Å²) in [6.45, 7) is 4.48. The van der Waals surface area contributed by atoms with Gasteiger partial charge in [-0.2, -0.15) is 0 Å². The number of nitrogens with zero attached hydrogens (tertiary/aromatic N) is 2. The maximum atomic E-state index is 13.8. The van der Waals surface area contributed by atoms with Gasteiger partial charge >= 0.3 is 0 Å². The molecule has 1 unspecified atom stereocenters. The topological polar surface area (TPSA) is 77.1 Å². The summed E-state index contributed by atoms with van der Waals surface area (Å²) in [4.78, 5) is 33.2. The molecular formula is C25H24ClN3O3S2. The second kappa shape index (κ2) is 9.60. The molecule has 0 bridgehead atoms. The largest absolute Gasteiger partial charge is 0.467 e. The first-order valence-electron chi connectivity index (χ1n) is 11.2. The number of carbonyl (C=O) groups excluding carboxylic acids is 1. The van der Waals surface area contributed by atoms with Crippen molar-refractivity contribution >= 4 is 50.8 Å². The zero-order chi connectivity index (χ0) is 23.8. The normalized spacial score (nSPS) is 15.4. The van der Waals surface area contributed by atoms with Crippen LogP contribution in [0.25, 0.3) is 15.9 Å². The van der Waals surface area contributed by atoms with Crippen LogP contribution < -0.4 is 10.9 Å². The number of aromatic nitrogens is 2. The number of amides is 1. The quantitative estimate of drug-likeness (QED) is 0.271. The Balaban J connectivity index is 1.53. The number of fused-ring (bicyclic) bond motifs is 3. The van der Waals surface area contributed by atoms with Gasteiger partial charge in [0.1, 0.15) is 10.6 Å². The average molecular weight is 514 g/mol. The number of hydrogen-bond acceptors (Lipinski definition) is 6. The first-order chi connectivity index (χ1) is 16.4. The molecule has 1 aliphatic carbocycles. The van der Waals surface area contributed by atoms with Gasteiger partial charge in [0.05, 0.1) is 29.6 Å². The summed E-state index contributed by atoms with van der Waals surface area (Å²) in [6, 6.07) is 9.14. The van der Waals surface area contributed by atoms with Crippen molar-refractivity contribution in [1.82, 2.24) is 14.9 Å². The lowest BCUT2D eigenvalue weighted by Gasteiger charge is -2.18. The van der Waals surface area contributed by atoms with Crippen LogP contribution in [-0.2, 0) is 24.2 Å². The van der Waals surface area contributed by atoms with Crippen molar-refractivity contribution in [3.63, 3.8) is 0 Å². The highest BCUT2D eigenvalue weighted by Crippen LogP contribution is 2.37. The lowest BCUT2D eigenvalue weighted by Crippen LogP contribution is -2.26. The zero-order valence-corrected chi connectivity index (χ0v) is 21.3. The van der Waals surface area contributed by atoms with Crippen LogP contribution in [0, 0.1) is 12.8 Å². The van der Waals surface area contributed by atoms with Gasteiger partial charge in [-0.05, 0) is 67.5 Å². The van der Waals surface area contributed by atoms with Crippen molar-refractivity contribution in [3.05, 3.63) is 73.7 Å². The minimum atomic E-state index is -0.163. The molecule has 0 aliphatic heterocycles. The average Bonchev–Trinajstić information content (AvgIpc) is 3.45. The highest BCUT2D eigenvalue weighted by atomic mass is 35.5. The monoisotopic (exact) mass is 513 g/mol. The van der Waals surface area contributed by atoms with Gasteiger partial charge in [0, 0.05) is 9.90 Å². The Hall–Kier alpha value is -2.55. The maximum absolute atomic E-state index is 13.8. The molecule has 3 aromatic heterocycles. The van der Waals surface area contributed by atoms with Crippen molar-refractivity contribution in [1.29, 1.82) is 0 Å². The third-order valence-electron chi connectivity index (χ3n) is 6.08. The molecule has 1 atom stereocenters. The summed E-state index contributed by atoms with van der Waals surface area (Å²) < 4.78 is 6.87. The summed E-state index contributed by atoms with van der Waals surface area (Å²) in [6.07, 6.45) is 4.51. The number of aryl methyl sites for hydroxylation is 2. The Kier molecular flexibility index (Phi) is 6.55. The molecule has 176 valence electrons.